The standard InChI is InChI=1S/C18H19F3OSi/c1-4-23(5-2,6-3)14-13-17(22)12-9-15-7-10-16(11-8-15)18(19,20)21/h7-8,10-11H,4-6H2,1-3H3. The molecule has 0 saturated carbocycles. The van der Waals surface area contributed by atoms with Gasteiger partial charge in [0, 0.05) is 5.56 Å². The summed E-state index contributed by atoms with van der Waals surface area (Å²) in [4.78, 5) is 11.7. The minimum Gasteiger partial charge on any atom is -0.270 e. The molecule has 0 spiro atoms. The van der Waals surface area contributed by atoms with E-state index in [4.69, 9.17) is 0 Å². The Morgan fingerprint density at radius 1 is 1.00 bits per heavy atom. The van der Waals surface area contributed by atoms with Crippen LogP contribution >= 0.6 is 0 Å². The lowest BCUT2D eigenvalue weighted by Crippen LogP contribution is -2.29. The van der Waals surface area contributed by atoms with Gasteiger partial charge in [0.25, 0.3) is 5.78 Å². The van der Waals surface area contributed by atoms with Gasteiger partial charge in [-0.3, -0.25) is 4.79 Å². The molecule has 5 heteroatoms. The average Bonchev–Trinajstić information content (AvgIpc) is 2.54. The molecule has 0 aliphatic carbocycles. The van der Waals surface area contributed by atoms with Crippen LogP contribution in [0, 0.1) is 23.3 Å². The van der Waals surface area contributed by atoms with E-state index < -0.39 is 25.6 Å². The van der Waals surface area contributed by atoms with E-state index >= 15 is 0 Å². The third-order valence-electron chi connectivity index (χ3n) is 4.00. The molecule has 0 atom stereocenters. The topological polar surface area (TPSA) is 17.1 Å². The van der Waals surface area contributed by atoms with Crippen LogP contribution in [-0.2, 0) is 11.0 Å². The van der Waals surface area contributed by atoms with E-state index in [0.29, 0.717) is 5.56 Å². The Morgan fingerprint density at radius 3 is 1.96 bits per heavy atom. The monoisotopic (exact) mass is 336 g/mol. The van der Waals surface area contributed by atoms with Gasteiger partial charge in [0.15, 0.2) is 0 Å². The minimum absolute atomic E-state index is 0.359. The smallest absolute Gasteiger partial charge is 0.270 e. The lowest BCUT2D eigenvalue weighted by Gasteiger charge is -2.19. The Bertz CT molecular complexity index is 654. The molecule has 122 valence electrons. The highest BCUT2D eigenvalue weighted by Gasteiger charge is 2.29. The van der Waals surface area contributed by atoms with E-state index in [1.165, 1.54) is 12.1 Å². The molecule has 0 aliphatic heterocycles. The van der Waals surface area contributed by atoms with E-state index in [2.05, 4.69) is 44.1 Å². The zero-order valence-electron chi connectivity index (χ0n) is 13.5. The van der Waals surface area contributed by atoms with Crippen molar-refractivity contribution in [3.63, 3.8) is 0 Å². The van der Waals surface area contributed by atoms with Gasteiger partial charge >= 0.3 is 6.18 Å². The number of ketones is 1. The molecule has 0 fully saturated rings. The first-order valence-corrected chi connectivity index (χ1v) is 10.1. The van der Waals surface area contributed by atoms with Gasteiger partial charge in [-0.05, 0) is 54.2 Å². The fourth-order valence-corrected chi connectivity index (χ4v) is 4.52. The first kappa shape index (κ1) is 19.1. The summed E-state index contributed by atoms with van der Waals surface area (Å²) in [5, 5.41) is 0. The fourth-order valence-electron chi connectivity index (χ4n) is 2.11. The van der Waals surface area contributed by atoms with E-state index in [0.717, 1.165) is 30.3 Å². The predicted molar refractivity (Wildman–Crippen MR) is 88.3 cm³/mol. The molecule has 0 bridgehead atoms. The van der Waals surface area contributed by atoms with Crippen LogP contribution in [0.3, 0.4) is 0 Å². The van der Waals surface area contributed by atoms with E-state index in [1.54, 1.807) is 0 Å². The molecule has 0 aliphatic rings. The van der Waals surface area contributed by atoms with Crippen molar-refractivity contribution < 1.29 is 18.0 Å². The highest BCUT2D eigenvalue weighted by Crippen LogP contribution is 2.28. The van der Waals surface area contributed by atoms with Crippen LogP contribution in [0.25, 0.3) is 0 Å². The van der Waals surface area contributed by atoms with Crippen molar-refractivity contribution in [3.8, 4) is 23.3 Å². The Kier molecular flexibility index (Phi) is 6.66. The molecule has 0 radical (unpaired) electrons. The Morgan fingerprint density at radius 2 is 1.52 bits per heavy atom. The minimum atomic E-state index is -4.37. The van der Waals surface area contributed by atoms with Crippen LogP contribution in [0.2, 0.25) is 18.1 Å². The van der Waals surface area contributed by atoms with Crippen molar-refractivity contribution in [2.75, 3.05) is 0 Å². The highest BCUT2D eigenvalue weighted by molar-refractivity contribution is 6.87. The molecular formula is C18H19F3OSi. The summed E-state index contributed by atoms with van der Waals surface area (Å²) in [7, 11) is -1.69. The summed E-state index contributed by atoms with van der Waals surface area (Å²) in [6.45, 7) is 6.27. The second-order valence-electron chi connectivity index (χ2n) is 5.25. The number of carbonyl (C=O) groups is 1. The largest absolute Gasteiger partial charge is 0.416 e. The number of hydrogen-bond acceptors (Lipinski definition) is 1. The summed E-state index contributed by atoms with van der Waals surface area (Å²) < 4.78 is 37.3. The van der Waals surface area contributed by atoms with Crippen LogP contribution in [0.1, 0.15) is 31.9 Å². The molecule has 0 unspecified atom stereocenters. The Balaban J connectivity index is 2.86. The first-order chi connectivity index (χ1) is 10.8. The van der Waals surface area contributed by atoms with Gasteiger partial charge < -0.3 is 0 Å². The van der Waals surface area contributed by atoms with Gasteiger partial charge in [-0.2, -0.15) is 13.2 Å². The number of hydrogen-bond donors (Lipinski definition) is 0. The highest BCUT2D eigenvalue weighted by atomic mass is 28.3. The molecule has 1 rings (SSSR count). The number of benzene rings is 1. The summed E-state index contributed by atoms with van der Waals surface area (Å²) in [6, 6.07) is 7.37. The molecule has 0 saturated heterocycles. The van der Waals surface area contributed by atoms with Crippen LogP contribution in [0.15, 0.2) is 24.3 Å². The average molecular weight is 336 g/mol. The molecule has 23 heavy (non-hydrogen) atoms. The van der Waals surface area contributed by atoms with Gasteiger partial charge in [-0.15, -0.1) is 5.54 Å². The second-order valence-corrected chi connectivity index (χ2v) is 10.2. The predicted octanol–water partition coefficient (Wildman–Crippen LogP) is 4.68. The van der Waals surface area contributed by atoms with Crippen molar-refractivity contribution >= 4 is 13.9 Å². The van der Waals surface area contributed by atoms with Crippen molar-refractivity contribution in [3.05, 3.63) is 35.4 Å². The maximum absolute atomic E-state index is 12.4. The summed E-state index contributed by atoms with van der Waals surface area (Å²) in [6.07, 6.45) is -4.37. The lowest BCUT2D eigenvalue weighted by molar-refractivity contribution is -0.137. The van der Waals surface area contributed by atoms with Crippen molar-refractivity contribution in [2.24, 2.45) is 0 Å². The number of Topliss-reactive ketones (excluding diaryl/α,β-unsaturated/α-hetero) is 1. The Hall–Kier alpha value is -1.98. The number of rotatable bonds is 3. The molecule has 1 aromatic rings. The van der Waals surface area contributed by atoms with Gasteiger partial charge in [0.05, 0.1) is 5.56 Å². The van der Waals surface area contributed by atoms with E-state index in [9.17, 15) is 18.0 Å². The summed E-state index contributed by atoms with van der Waals surface area (Å²) >= 11 is 0. The molecule has 1 nitrogen and oxygen atoms in total. The molecule has 1 aromatic carbocycles. The lowest BCUT2D eigenvalue weighted by atomic mass is 10.1. The van der Waals surface area contributed by atoms with Crippen molar-refractivity contribution in [2.45, 2.75) is 45.1 Å². The van der Waals surface area contributed by atoms with Gasteiger partial charge in [-0.25, -0.2) is 0 Å². The number of halogens is 3. The quantitative estimate of drug-likeness (QED) is 0.579. The maximum atomic E-state index is 12.4. The molecule has 0 N–H and O–H groups in total. The SMILES string of the molecule is CC[Si](C#CC(=O)C#Cc1ccc(C(F)(F)F)cc1)(CC)CC. The van der Waals surface area contributed by atoms with Crippen LogP contribution in [0.5, 0.6) is 0 Å². The normalized spacial score (nSPS) is 11.0. The summed E-state index contributed by atoms with van der Waals surface area (Å²) in [5.74, 6) is 7.05. The van der Waals surface area contributed by atoms with Gasteiger partial charge in [-0.1, -0.05) is 26.7 Å². The van der Waals surface area contributed by atoms with Crippen molar-refractivity contribution in [1.82, 2.24) is 0 Å². The Labute approximate surface area is 136 Å². The van der Waals surface area contributed by atoms with Gasteiger partial charge in [0.2, 0.25) is 0 Å². The molecule has 0 heterocycles. The number of carbonyl (C=O) groups excluding carboxylic acids is 1. The van der Waals surface area contributed by atoms with Crippen molar-refractivity contribution in [1.29, 1.82) is 0 Å². The first-order valence-electron chi connectivity index (χ1n) is 7.52. The molecule has 0 amide bonds. The third kappa shape index (κ3) is 5.62. The second kappa shape index (κ2) is 8.03. The number of alkyl halides is 3. The van der Waals surface area contributed by atoms with Crippen LogP contribution in [0.4, 0.5) is 13.2 Å². The van der Waals surface area contributed by atoms with E-state index in [-0.39, 0.29) is 0 Å². The van der Waals surface area contributed by atoms with Crippen LogP contribution < -0.4 is 0 Å². The zero-order chi connectivity index (χ0) is 17.5. The molecular weight excluding hydrogens is 317 g/mol. The third-order valence-corrected chi connectivity index (χ3v) is 8.72. The zero-order valence-corrected chi connectivity index (χ0v) is 14.5. The van der Waals surface area contributed by atoms with Crippen LogP contribution in [-0.4, -0.2) is 13.9 Å². The van der Waals surface area contributed by atoms with E-state index in [1.807, 2.05) is 0 Å². The summed E-state index contributed by atoms with van der Waals surface area (Å²) in [5.41, 5.74) is 2.76. The maximum Gasteiger partial charge on any atom is 0.416 e. The van der Waals surface area contributed by atoms with Gasteiger partial charge in [0.1, 0.15) is 8.07 Å². The molecule has 0 aromatic heterocycles. The fraction of sp³-hybridized carbons (Fsp3) is 0.389.